The number of rotatable bonds is 6. The molecule has 0 radical (unpaired) electrons. The second-order valence-electron chi connectivity index (χ2n) is 4.56. The number of nitrogens with zero attached hydrogens (tertiary/aromatic N) is 1. The summed E-state index contributed by atoms with van der Waals surface area (Å²) in [5.41, 5.74) is -1.96. The van der Waals surface area contributed by atoms with Gasteiger partial charge in [-0.1, -0.05) is 12.1 Å². The molecule has 0 aromatic heterocycles. The van der Waals surface area contributed by atoms with E-state index >= 15 is 0 Å². The molecule has 24 heavy (non-hydrogen) atoms. The molecule has 0 aliphatic carbocycles. The van der Waals surface area contributed by atoms with E-state index < -0.39 is 33.9 Å². The molecule has 0 amide bonds. The Hall–Kier alpha value is -2.84. The van der Waals surface area contributed by atoms with E-state index in [2.05, 4.69) is 0 Å². The van der Waals surface area contributed by atoms with Crippen LogP contribution in [0.4, 0.5) is 23.2 Å². The number of alkyl halides is 3. The molecule has 0 fully saturated rings. The highest BCUT2D eigenvalue weighted by atomic mass is 19.4. The average molecular weight is 345 g/mol. The van der Waals surface area contributed by atoms with E-state index in [9.17, 15) is 27.7 Å². The molecule has 2 aromatic carbocycles. The smallest absolute Gasteiger partial charge is 0.420 e. The van der Waals surface area contributed by atoms with Gasteiger partial charge in [-0.15, -0.1) is 0 Å². The number of para-hydroxylation sites is 1. The molecule has 0 aliphatic heterocycles. The summed E-state index contributed by atoms with van der Waals surface area (Å²) in [6.45, 7) is -0.496. The topological polar surface area (TPSA) is 61.6 Å². The van der Waals surface area contributed by atoms with Crippen molar-refractivity contribution in [1.29, 1.82) is 0 Å². The SMILES string of the molecule is O=[N+]([O-])c1ccc(OCCOc2ccccc2F)c(C(F)(F)F)c1. The molecule has 0 heterocycles. The van der Waals surface area contributed by atoms with Crippen LogP contribution in [0.15, 0.2) is 42.5 Å². The fourth-order valence-electron chi connectivity index (χ4n) is 1.84. The van der Waals surface area contributed by atoms with Gasteiger partial charge in [-0.3, -0.25) is 10.1 Å². The van der Waals surface area contributed by atoms with Crippen molar-refractivity contribution in [3.63, 3.8) is 0 Å². The van der Waals surface area contributed by atoms with Crippen LogP contribution in [0, 0.1) is 15.9 Å². The van der Waals surface area contributed by atoms with E-state index in [1.807, 2.05) is 0 Å². The van der Waals surface area contributed by atoms with Crippen molar-refractivity contribution in [3.05, 3.63) is 64.0 Å². The maximum absolute atomic E-state index is 13.3. The van der Waals surface area contributed by atoms with Crippen LogP contribution in [0.25, 0.3) is 0 Å². The number of hydrogen-bond acceptors (Lipinski definition) is 4. The van der Waals surface area contributed by atoms with Crippen LogP contribution in [0.5, 0.6) is 11.5 Å². The minimum atomic E-state index is -4.81. The van der Waals surface area contributed by atoms with Gasteiger partial charge in [0.05, 0.1) is 4.92 Å². The summed E-state index contributed by atoms with van der Waals surface area (Å²) < 4.78 is 62.1. The van der Waals surface area contributed by atoms with Crippen LogP contribution >= 0.6 is 0 Å². The predicted octanol–water partition coefficient (Wildman–Crippen LogP) is 4.21. The minimum absolute atomic E-state index is 0.0548. The zero-order valence-corrected chi connectivity index (χ0v) is 12.0. The van der Waals surface area contributed by atoms with Gasteiger partial charge < -0.3 is 9.47 Å². The van der Waals surface area contributed by atoms with Gasteiger partial charge in [0.25, 0.3) is 5.69 Å². The average Bonchev–Trinajstić information content (AvgIpc) is 2.52. The Morgan fingerprint density at radius 2 is 1.62 bits per heavy atom. The Kier molecular flexibility index (Phi) is 5.22. The molecule has 0 aliphatic rings. The lowest BCUT2D eigenvalue weighted by molar-refractivity contribution is -0.385. The summed E-state index contributed by atoms with van der Waals surface area (Å²) in [7, 11) is 0. The Balaban J connectivity index is 2.04. The van der Waals surface area contributed by atoms with Gasteiger partial charge in [-0.25, -0.2) is 4.39 Å². The lowest BCUT2D eigenvalue weighted by Gasteiger charge is -2.14. The highest BCUT2D eigenvalue weighted by molar-refractivity contribution is 5.45. The highest BCUT2D eigenvalue weighted by Gasteiger charge is 2.36. The van der Waals surface area contributed by atoms with Crippen LogP contribution in [0.1, 0.15) is 5.56 Å². The minimum Gasteiger partial charge on any atom is -0.489 e. The van der Waals surface area contributed by atoms with E-state index in [-0.39, 0.29) is 19.0 Å². The summed E-state index contributed by atoms with van der Waals surface area (Å²) in [4.78, 5) is 9.65. The molecule has 0 N–H and O–H groups in total. The molecule has 5 nitrogen and oxygen atoms in total. The second kappa shape index (κ2) is 7.16. The Labute approximate surface area is 133 Å². The number of nitro groups is 1. The first kappa shape index (κ1) is 17.5. The molecule has 9 heteroatoms. The van der Waals surface area contributed by atoms with Crippen molar-refractivity contribution in [2.75, 3.05) is 13.2 Å². The summed E-state index contributed by atoms with van der Waals surface area (Å²) in [5.74, 6) is -1.23. The van der Waals surface area contributed by atoms with Crippen molar-refractivity contribution in [1.82, 2.24) is 0 Å². The zero-order chi connectivity index (χ0) is 17.7. The molecule has 0 bridgehead atoms. The maximum Gasteiger partial charge on any atom is 0.420 e. The number of halogens is 4. The zero-order valence-electron chi connectivity index (χ0n) is 12.0. The number of nitro benzene ring substituents is 1. The van der Waals surface area contributed by atoms with E-state index in [0.717, 1.165) is 12.1 Å². The number of hydrogen-bond donors (Lipinski definition) is 0. The van der Waals surface area contributed by atoms with Crippen LogP contribution in [0.2, 0.25) is 0 Å². The third kappa shape index (κ3) is 4.34. The van der Waals surface area contributed by atoms with Crippen LogP contribution in [-0.4, -0.2) is 18.1 Å². The Morgan fingerprint density at radius 1 is 1.00 bits per heavy atom. The lowest BCUT2D eigenvalue weighted by atomic mass is 10.1. The number of benzene rings is 2. The highest BCUT2D eigenvalue weighted by Crippen LogP contribution is 2.38. The monoisotopic (exact) mass is 345 g/mol. The molecule has 0 saturated carbocycles. The van der Waals surface area contributed by atoms with Gasteiger partial charge in [-0.05, 0) is 18.2 Å². The predicted molar refractivity (Wildman–Crippen MR) is 75.5 cm³/mol. The van der Waals surface area contributed by atoms with Crippen molar-refractivity contribution >= 4 is 5.69 Å². The molecule has 128 valence electrons. The second-order valence-corrected chi connectivity index (χ2v) is 4.56. The molecule has 0 saturated heterocycles. The third-order valence-electron chi connectivity index (χ3n) is 2.91. The van der Waals surface area contributed by atoms with Crippen molar-refractivity contribution < 1.29 is 32.0 Å². The number of non-ortho nitro benzene ring substituents is 1. The Bertz CT molecular complexity index is 734. The van der Waals surface area contributed by atoms with Gasteiger partial charge in [0.2, 0.25) is 0 Å². The first-order chi connectivity index (χ1) is 11.3. The summed E-state index contributed by atoms with van der Waals surface area (Å²) >= 11 is 0. The Morgan fingerprint density at radius 3 is 2.21 bits per heavy atom. The van der Waals surface area contributed by atoms with Gasteiger partial charge in [-0.2, -0.15) is 13.2 Å². The van der Waals surface area contributed by atoms with Gasteiger partial charge in [0, 0.05) is 12.1 Å². The molecular formula is C15H11F4NO4. The molecule has 0 atom stereocenters. The van der Waals surface area contributed by atoms with E-state index in [1.165, 1.54) is 24.3 Å². The lowest BCUT2D eigenvalue weighted by Crippen LogP contribution is -2.14. The summed E-state index contributed by atoms with van der Waals surface area (Å²) in [6, 6.07) is 7.71. The normalized spacial score (nSPS) is 11.2. The third-order valence-corrected chi connectivity index (χ3v) is 2.91. The van der Waals surface area contributed by atoms with Crippen LogP contribution in [-0.2, 0) is 6.18 Å². The molecule has 2 aromatic rings. The fraction of sp³-hybridized carbons (Fsp3) is 0.200. The van der Waals surface area contributed by atoms with Crippen molar-refractivity contribution in [3.8, 4) is 11.5 Å². The quantitative estimate of drug-likeness (QED) is 0.341. The summed E-state index contributed by atoms with van der Waals surface area (Å²) in [6.07, 6.45) is -4.81. The fourth-order valence-corrected chi connectivity index (χ4v) is 1.84. The molecule has 2 rings (SSSR count). The van der Waals surface area contributed by atoms with Crippen molar-refractivity contribution in [2.24, 2.45) is 0 Å². The molecule has 0 spiro atoms. The largest absolute Gasteiger partial charge is 0.489 e. The van der Waals surface area contributed by atoms with Gasteiger partial charge in [0.15, 0.2) is 11.6 Å². The van der Waals surface area contributed by atoms with E-state index in [4.69, 9.17) is 9.47 Å². The van der Waals surface area contributed by atoms with Crippen molar-refractivity contribution in [2.45, 2.75) is 6.18 Å². The first-order valence-electron chi connectivity index (χ1n) is 6.65. The van der Waals surface area contributed by atoms with Crippen LogP contribution < -0.4 is 9.47 Å². The standard InChI is InChI=1S/C15H11F4NO4/c16-12-3-1-2-4-14(12)24-8-7-23-13-6-5-10(20(21)22)9-11(13)15(17,18)19/h1-6,9H,7-8H2. The van der Waals surface area contributed by atoms with Gasteiger partial charge in [0.1, 0.15) is 24.5 Å². The van der Waals surface area contributed by atoms with Gasteiger partial charge >= 0.3 is 6.18 Å². The first-order valence-corrected chi connectivity index (χ1v) is 6.65. The van der Waals surface area contributed by atoms with E-state index in [0.29, 0.717) is 6.07 Å². The molecular weight excluding hydrogens is 334 g/mol. The van der Waals surface area contributed by atoms with Crippen LogP contribution in [0.3, 0.4) is 0 Å². The molecule has 0 unspecified atom stereocenters. The van der Waals surface area contributed by atoms with E-state index in [1.54, 1.807) is 0 Å². The number of ether oxygens (including phenoxy) is 2. The summed E-state index contributed by atoms with van der Waals surface area (Å²) in [5, 5.41) is 10.6. The maximum atomic E-state index is 13.3.